The number of imidazole rings is 1. The molecule has 0 aliphatic heterocycles. The van der Waals surface area contributed by atoms with E-state index >= 15 is 0 Å². The maximum absolute atomic E-state index is 14.6. The molecule has 5 heterocycles. The second kappa shape index (κ2) is 11.5. The van der Waals surface area contributed by atoms with E-state index in [1.54, 1.807) is 41.7 Å². The number of amides is 1. The number of carbonyl (C=O) groups is 1. The summed E-state index contributed by atoms with van der Waals surface area (Å²) in [5.74, 6) is -0.273. The molecule has 1 amide bonds. The molecule has 6 aromatic rings. The van der Waals surface area contributed by atoms with Gasteiger partial charge >= 0.3 is 0 Å². The van der Waals surface area contributed by atoms with Gasteiger partial charge in [0, 0.05) is 30.1 Å². The minimum Gasteiger partial charge on any atom is -0.335 e. The van der Waals surface area contributed by atoms with E-state index in [0.717, 1.165) is 6.26 Å². The number of aromatic amines is 2. The fourth-order valence-electron chi connectivity index (χ4n) is 4.75. The average molecular weight is 615 g/mol. The normalized spacial score (nSPS) is 11.9. The molecule has 0 radical (unpaired) electrons. The number of hydrogen-bond donors (Lipinski definition) is 4. The van der Waals surface area contributed by atoms with Gasteiger partial charge in [-0.3, -0.25) is 14.9 Å². The summed E-state index contributed by atoms with van der Waals surface area (Å²) in [5.41, 5.74) is 6.07. The predicted octanol–water partition coefficient (Wildman–Crippen LogP) is 3.31. The van der Waals surface area contributed by atoms with Crippen LogP contribution in [0.3, 0.4) is 0 Å². The van der Waals surface area contributed by atoms with Crippen molar-refractivity contribution in [1.29, 1.82) is 0 Å². The number of benzene rings is 1. The summed E-state index contributed by atoms with van der Waals surface area (Å²) in [5, 5.41) is 10.3. The molecule has 0 aliphatic rings. The minimum absolute atomic E-state index is 0.0554. The van der Waals surface area contributed by atoms with E-state index in [9.17, 15) is 17.6 Å². The summed E-state index contributed by atoms with van der Waals surface area (Å²) in [6, 6.07) is 11.5. The fourth-order valence-corrected chi connectivity index (χ4v) is 5.18. The van der Waals surface area contributed by atoms with Gasteiger partial charge in [-0.05, 0) is 67.7 Å². The van der Waals surface area contributed by atoms with Crippen LogP contribution in [0.5, 0.6) is 0 Å². The Bertz CT molecular complexity index is 2140. The summed E-state index contributed by atoms with van der Waals surface area (Å²) in [7, 11) is 0.173. The molecule has 0 saturated carbocycles. The van der Waals surface area contributed by atoms with Crippen LogP contribution in [0.25, 0.3) is 56.1 Å². The van der Waals surface area contributed by atoms with E-state index in [0.29, 0.717) is 67.4 Å². The van der Waals surface area contributed by atoms with Crippen molar-refractivity contribution in [1.82, 2.24) is 44.7 Å². The van der Waals surface area contributed by atoms with Gasteiger partial charge in [-0.15, -0.1) is 0 Å². The first-order valence-corrected chi connectivity index (χ1v) is 15.3. The van der Waals surface area contributed by atoms with Crippen LogP contribution >= 0.6 is 0 Å². The van der Waals surface area contributed by atoms with E-state index in [4.69, 9.17) is 4.98 Å². The fraction of sp³-hybridized carbons (Fsp3) is 0.172. The second-order valence-electron chi connectivity index (χ2n) is 10.5. The lowest BCUT2D eigenvalue weighted by Gasteiger charge is -2.10. The third kappa shape index (κ3) is 6.29. The van der Waals surface area contributed by atoms with E-state index in [2.05, 4.69) is 40.2 Å². The number of nitrogens with one attached hydrogen (secondary N) is 4. The van der Waals surface area contributed by atoms with Crippen LogP contribution in [0.15, 0.2) is 61.1 Å². The number of anilines is 1. The van der Waals surface area contributed by atoms with Crippen LogP contribution in [0.1, 0.15) is 5.56 Å². The van der Waals surface area contributed by atoms with Crippen LogP contribution in [-0.4, -0.2) is 81.2 Å². The van der Waals surface area contributed by atoms with Crippen molar-refractivity contribution >= 4 is 43.8 Å². The van der Waals surface area contributed by atoms with Crippen LogP contribution < -0.4 is 10.0 Å². The van der Waals surface area contributed by atoms with Gasteiger partial charge in [-0.25, -0.2) is 32.5 Å². The Morgan fingerprint density at radius 3 is 2.68 bits per heavy atom. The maximum Gasteiger partial charge on any atom is 0.238 e. The molecule has 0 bridgehead atoms. The molecule has 13 nitrogen and oxygen atoms in total. The largest absolute Gasteiger partial charge is 0.335 e. The first kappa shape index (κ1) is 29.0. The lowest BCUT2D eigenvalue weighted by atomic mass is 10.0. The number of hydrogen-bond acceptors (Lipinski definition) is 9. The number of halogens is 1. The van der Waals surface area contributed by atoms with Gasteiger partial charge in [0.1, 0.15) is 11.3 Å². The highest BCUT2D eigenvalue weighted by molar-refractivity contribution is 7.88. The minimum atomic E-state index is -3.46. The van der Waals surface area contributed by atoms with Gasteiger partial charge in [-0.2, -0.15) is 5.10 Å². The summed E-state index contributed by atoms with van der Waals surface area (Å²) in [6.45, 7) is 0.182. The Balaban J connectivity index is 1.36. The SMILES string of the molecule is CN(C)CC(=O)Nc1cncc(-c2ccc3[nH]nc(-c4nc5nccc(-c6cc(F)cc(CNS(C)(=O)=O)c6)c5[nH]4)c3n2)c1. The molecule has 0 unspecified atom stereocenters. The summed E-state index contributed by atoms with van der Waals surface area (Å²) in [4.78, 5) is 35.4. The van der Waals surface area contributed by atoms with Crippen LogP contribution in [0, 0.1) is 5.82 Å². The number of nitrogens with zero attached hydrogens (tertiary/aromatic N) is 6. The van der Waals surface area contributed by atoms with Crippen LogP contribution in [-0.2, 0) is 21.4 Å². The van der Waals surface area contributed by atoms with E-state index in [-0.39, 0.29) is 19.0 Å². The smallest absolute Gasteiger partial charge is 0.238 e. The molecule has 6 rings (SSSR count). The number of rotatable bonds is 9. The molecule has 0 spiro atoms. The molecule has 44 heavy (non-hydrogen) atoms. The van der Waals surface area contributed by atoms with Crippen molar-refractivity contribution in [2.24, 2.45) is 0 Å². The number of fused-ring (bicyclic) bond motifs is 2. The highest BCUT2D eigenvalue weighted by Gasteiger charge is 2.18. The molecule has 1 aromatic carbocycles. The third-order valence-electron chi connectivity index (χ3n) is 6.61. The van der Waals surface area contributed by atoms with Gasteiger partial charge in [0.05, 0.1) is 41.4 Å². The third-order valence-corrected chi connectivity index (χ3v) is 7.28. The highest BCUT2D eigenvalue weighted by atomic mass is 32.2. The van der Waals surface area contributed by atoms with Crippen LogP contribution in [0.4, 0.5) is 10.1 Å². The lowest BCUT2D eigenvalue weighted by molar-refractivity contribution is -0.116. The van der Waals surface area contributed by atoms with Crippen molar-refractivity contribution in [3.63, 3.8) is 0 Å². The molecule has 0 atom stereocenters. The Morgan fingerprint density at radius 1 is 1.05 bits per heavy atom. The standard InChI is InChI=1S/C29H27FN10O3S/c1-40(2)15-24(41)34-20-11-18(13-31-14-20)22-4-5-23-26(35-22)27(39-38-23)29-36-25-21(6-7-32-28(25)37-29)17-8-16(9-19(30)10-17)12-33-44(3,42)43/h4-11,13-14,33H,12,15H2,1-3H3,(H,34,41)(H,38,39)(H,32,36,37). The average Bonchev–Trinajstić information content (AvgIpc) is 3.59. The molecule has 15 heteroatoms. The summed E-state index contributed by atoms with van der Waals surface area (Å²) < 4.78 is 40.1. The molecule has 0 aliphatic carbocycles. The van der Waals surface area contributed by atoms with Crippen molar-refractivity contribution in [2.75, 3.05) is 32.2 Å². The molecule has 4 N–H and O–H groups in total. The van der Waals surface area contributed by atoms with Crippen LogP contribution in [0.2, 0.25) is 0 Å². The van der Waals surface area contributed by atoms with E-state index < -0.39 is 15.8 Å². The summed E-state index contributed by atoms with van der Waals surface area (Å²) in [6.07, 6.45) is 5.84. The maximum atomic E-state index is 14.6. The molecular formula is C29H27FN10O3S. The van der Waals surface area contributed by atoms with Crippen molar-refractivity contribution in [3.05, 3.63) is 72.4 Å². The van der Waals surface area contributed by atoms with E-state index in [1.165, 1.54) is 12.1 Å². The first-order chi connectivity index (χ1) is 21.0. The molecule has 5 aromatic heterocycles. The molecule has 0 fully saturated rings. The topological polar surface area (TPSA) is 175 Å². The van der Waals surface area contributed by atoms with E-state index in [1.807, 2.05) is 26.2 Å². The number of likely N-dealkylation sites (N-methyl/N-ethyl adjacent to an activating group) is 1. The second-order valence-corrected chi connectivity index (χ2v) is 12.3. The zero-order valence-electron chi connectivity index (χ0n) is 23.9. The van der Waals surface area contributed by atoms with Crippen molar-refractivity contribution in [3.8, 4) is 33.9 Å². The monoisotopic (exact) mass is 614 g/mol. The first-order valence-electron chi connectivity index (χ1n) is 13.4. The lowest BCUT2D eigenvalue weighted by Crippen LogP contribution is -2.27. The Morgan fingerprint density at radius 2 is 1.89 bits per heavy atom. The highest BCUT2D eigenvalue weighted by Crippen LogP contribution is 2.32. The molecular weight excluding hydrogens is 587 g/mol. The summed E-state index contributed by atoms with van der Waals surface area (Å²) >= 11 is 0. The zero-order valence-corrected chi connectivity index (χ0v) is 24.7. The Hall–Kier alpha value is -5.12. The van der Waals surface area contributed by atoms with Crippen molar-refractivity contribution in [2.45, 2.75) is 6.54 Å². The zero-order chi connectivity index (χ0) is 31.0. The van der Waals surface area contributed by atoms with Gasteiger partial charge in [0.2, 0.25) is 15.9 Å². The number of sulfonamides is 1. The van der Waals surface area contributed by atoms with Gasteiger partial charge < -0.3 is 15.2 Å². The number of pyridine rings is 3. The Kier molecular flexibility index (Phi) is 7.59. The predicted molar refractivity (Wildman–Crippen MR) is 164 cm³/mol. The quantitative estimate of drug-likeness (QED) is 0.190. The molecule has 0 saturated heterocycles. The van der Waals surface area contributed by atoms with Gasteiger partial charge in [0.25, 0.3) is 0 Å². The van der Waals surface area contributed by atoms with Crippen molar-refractivity contribution < 1.29 is 17.6 Å². The number of H-pyrrole nitrogens is 2. The van der Waals surface area contributed by atoms with Gasteiger partial charge in [-0.1, -0.05) is 0 Å². The Labute approximate surface area is 251 Å². The number of carbonyl (C=O) groups excluding carboxylic acids is 1. The number of aromatic nitrogens is 7. The van der Waals surface area contributed by atoms with Gasteiger partial charge in [0.15, 0.2) is 17.2 Å². The molecule has 224 valence electrons.